The van der Waals surface area contributed by atoms with Gasteiger partial charge >= 0.3 is 0 Å². The van der Waals surface area contributed by atoms with Crippen molar-refractivity contribution in [1.29, 1.82) is 0 Å². The molecule has 2 aromatic rings. The van der Waals surface area contributed by atoms with Crippen molar-refractivity contribution in [3.8, 4) is 5.75 Å². The van der Waals surface area contributed by atoms with Gasteiger partial charge in [-0.05, 0) is 37.3 Å². The predicted molar refractivity (Wildman–Crippen MR) is 137 cm³/mol. The highest BCUT2D eigenvalue weighted by Gasteiger charge is 2.34. The molecule has 1 aliphatic rings. The lowest BCUT2D eigenvalue weighted by Crippen LogP contribution is -2.47. The highest BCUT2D eigenvalue weighted by molar-refractivity contribution is 5.96. The average molecular weight is 566 g/mol. The van der Waals surface area contributed by atoms with Gasteiger partial charge in [-0.2, -0.15) is 8.78 Å². The van der Waals surface area contributed by atoms with Gasteiger partial charge in [0.2, 0.25) is 29.4 Å². The first-order chi connectivity index (χ1) is 19.0. The van der Waals surface area contributed by atoms with Crippen molar-refractivity contribution in [3.05, 3.63) is 59.7 Å². The normalized spacial score (nSPS) is 16.3. The van der Waals surface area contributed by atoms with Crippen molar-refractivity contribution in [2.75, 3.05) is 18.5 Å². The Morgan fingerprint density at radius 3 is 2.27 bits per heavy atom. The molecule has 3 N–H and O–H groups in total. The van der Waals surface area contributed by atoms with Crippen molar-refractivity contribution < 1.29 is 41.5 Å². The number of carbonyl (C=O) groups is 4. The molecular formula is C28H31F4N3O5. The van der Waals surface area contributed by atoms with E-state index in [-0.39, 0.29) is 30.7 Å². The predicted octanol–water partition coefficient (Wildman–Crippen LogP) is 3.89. The van der Waals surface area contributed by atoms with Crippen LogP contribution in [0.1, 0.15) is 39.5 Å². The van der Waals surface area contributed by atoms with Crippen LogP contribution in [0.2, 0.25) is 0 Å². The minimum atomic E-state index is -1.82. The Kier molecular flexibility index (Phi) is 10.6. The molecule has 2 aromatic carbocycles. The second-order valence-corrected chi connectivity index (χ2v) is 10.1. The van der Waals surface area contributed by atoms with Crippen LogP contribution in [0.5, 0.6) is 5.75 Å². The first kappa shape index (κ1) is 30.6. The number of ketones is 1. The first-order valence-electron chi connectivity index (χ1n) is 12.9. The van der Waals surface area contributed by atoms with Gasteiger partial charge in [-0.15, -0.1) is 0 Å². The van der Waals surface area contributed by atoms with Crippen molar-refractivity contribution in [2.24, 2.45) is 17.8 Å². The Hall–Kier alpha value is -3.96. The van der Waals surface area contributed by atoms with Gasteiger partial charge in [0.15, 0.2) is 23.2 Å². The molecule has 0 bridgehead atoms. The van der Waals surface area contributed by atoms with E-state index in [0.717, 1.165) is 0 Å². The molecule has 0 radical (unpaired) electrons. The minimum absolute atomic E-state index is 0.00386. The molecule has 1 aliphatic heterocycles. The summed E-state index contributed by atoms with van der Waals surface area (Å²) in [6, 6.07) is 7.30. The van der Waals surface area contributed by atoms with Crippen LogP contribution in [0.3, 0.4) is 0 Å². The summed E-state index contributed by atoms with van der Waals surface area (Å²) in [5, 5.41) is 7.89. The van der Waals surface area contributed by atoms with Crippen molar-refractivity contribution >= 4 is 29.2 Å². The minimum Gasteiger partial charge on any atom is -0.479 e. The Labute approximate surface area is 228 Å². The van der Waals surface area contributed by atoms with Crippen LogP contribution in [-0.4, -0.2) is 42.7 Å². The van der Waals surface area contributed by atoms with Crippen LogP contribution in [0, 0.1) is 41.0 Å². The van der Waals surface area contributed by atoms with Crippen molar-refractivity contribution in [1.82, 2.24) is 10.6 Å². The van der Waals surface area contributed by atoms with E-state index >= 15 is 0 Å². The molecule has 0 spiro atoms. The van der Waals surface area contributed by atoms with Gasteiger partial charge < -0.3 is 20.7 Å². The molecule has 12 heteroatoms. The number of benzene rings is 2. The Balaban J connectivity index is 1.75. The van der Waals surface area contributed by atoms with E-state index in [1.165, 1.54) is 0 Å². The van der Waals surface area contributed by atoms with Crippen LogP contribution < -0.4 is 20.7 Å². The van der Waals surface area contributed by atoms with E-state index in [0.29, 0.717) is 25.1 Å². The van der Waals surface area contributed by atoms with E-state index in [1.54, 1.807) is 30.3 Å². The number of hydrogen-bond acceptors (Lipinski definition) is 5. The molecule has 8 nitrogen and oxygen atoms in total. The van der Waals surface area contributed by atoms with Gasteiger partial charge in [-0.1, -0.05) is 32.0 Å². The number of para-hydroxylation sites is 1. The van der Waals surface area contributed by atoms with Crippen LogP contribution in [0.4, 0.5) is 23.2 Å². The maximum Gasteiger partial charge on any atom is 0.225 e. The number of anilines is 1. The quantitative estimate of drug-likeness (QED) is 0.252. The molecule has 0 saturated carbocycles. The van der Waals surface area contributed by atoms with E-state index in [1.807, 2.05) is 13.8 Å². The lowest BCUT2D eigenvalue weighted by Gasteiger charge is -2.24. The molecule has 0 aliphatic carbocycles. The van der Waals surface area contributed by atoms with Crippen LogP contribution >= 0.6 is 0 Å². The fourth-order valence-electron chi connectivity index (χ4n) is 4.45. The van der Waals surface area contributed by atoms with Crippen LogP contribution in [0.15, 0.2) is 36.4 Å². The number of ether oxygens (including phenoxy) is 1. The van der Waals surface area contributed by atoms with E-state index < -0.39 is 71.1 Å². The summed E-state index contributed by atoms with van der Waals surface area (Å²) >= 11 is 0. The fraction of sp³-hybridized carbons (Fsp3) is 0.429. The summed E-state index contributed by atoms with van der Waals surface area (Å²) in [6.45, 7) is 3.04. The Morgan fingerprint density at radius 1 is 1.05 bits per heavy atom. The summed E-state index contributed by atoms with van der Waals surface area (Å²) in [5.41, 5.74) is 0.543. The summed E-state index contributed by atoms with van der Waals surface area (Å²) in [5.74, 6) is -12.2. The van der Waals surface area contributed by atoms with Gasteiger partial charge in [-0.25, -0.2) is 8.78 Å². The highest BCUT2D eigenvalue weighted by Crippen LogP contribution is 2.27. The fourth-order valence-corrected chi connectivity index (χ4v) is 4.45. The second kappa shape index (κ2) is 13.9. The van der Waals surface area contributed by atoms with Gasteiger partial charge in [0.1, 0.15) is 6.61 Å². The average Bonchev–Trinajstić information content (AvgIpc) is 3.30. The lowest BCUT2D eigenvalue weighted by molar-refractivity contribution is -0.133. The summed E-state index contributed by atoms with van der Waals surface area (Å²) in [6.07, 6.45) is 0.340. The SMILES string of the molecule is CC(C)C[C@H](CC(=O)Nc1ccccc1)C(=O)N[C@@H](C[C@@H]1CCNC1=O)C(=O)COc1c(F)c(F)cc(F)c1F. The number of Topliss-reactive ketones (excluding diaryl/α,β-unsaturated/α-hetero) is 1. The number of carbonyl (C=O) groups excluding carboxylic acids is 4. The van der Waals surface area contributed by atoms with E-state index in [4.69, 9.17) is 4.74 Å². The topological polar surface area (TPSA) is 114 Å². The highest BCUT2D eigenvalue weighted by atomic mass is 19.2. The molecule has 216 valence electrons. The molecule has 1 fully saturated rings. The molecule has 1 heterocycles. The molecule has 3 amide bonds. The Morgan fingerprint density at radius 2 is 1.70 bits per heavy atom. The number of rotatable bonds is 13. The van der Waals surface area contributed by atoms with Crippen LogP contribution in [0.25, 0.3) is 0 Å². The zero-order valence-corrected chi connectivity index (χ0v) is 22.1. The maximum atomic E-state index is 14.0. The largest absolute Gasteiger partial charge is 0.479 e. The van der Waals surface area contributed by atoms with E-state index in [2.05, 4.69) is 16.0 Å². The monoisotopic (exact) mass is 565 g/mol. The third-order valence-electron chi connectivity index (χ3n) is 6.43. The number of nitrogens with one attached hydrogen (secondary N) is 3. The molecule has 3 atom stereocenters. The van der Waals surface area contributed by atoms with Crippen LogP contribution in [-0.2, 0) is 19.2 Å². The first-order valence-corrected chi connectivity index (χ1v) is 12.9. The van der Waals surface area contributed by atoms with Gasteiger partial charge in [0.05, 0.1) is 6.04 Å². The van der Waals surface area contributed by atoms with Crippen molar-refractivity contribution in [3.63, 3.8) is 0 Å². The van der Waals surface area contributed by atoms with Gasteiger partial charge in [-0.3, -0.25) is 19.2 Å². The third-order valence-corrected chi connectivity index (χ3v) is 6.43. The standard InChI is InChI=1S/C28H31F4N3O5/c1-15(2)10-17(12-23(37)34-18-6-4-3-5-7-18)28(39)35-21(11-16-8-9-33-27(16)38)22(36)14-40-26-24(31)19(29)13-20(30)25(26)32/h3-7,13,15-17,21H,8-12,14H2,1-2H3,(H,33,38)(H,34,37)(H,35,39)/t16-,17+,21-/m0/s1. The third kappa shape index (κ3) is 8.27. The van der Waals surface area contributed by atoms with E-state index in [9.17, 15) is 36.7 Å². The maximum absolute atomic E-state index is 14.0. The van der Waals surface area contributed by atoms with Crippen molar-refractivity contribution in [2.45, 2.75) is 45.6 Å². The number of halogens is 4. The van der Waals surface area contributed by atoms with Gasteiger partial charge in [0, 0.05) is 36.6 Å². The Bertz CT molecular complexity index is 1220. The zero-order valence-electron chi connectivity index (χ0n) is 22.1. The summed E-state index contributed by atoms with van der Waals surface area (Å²) in [4.78, 5) is 51.2. The zero-order chi connectivity index (χ0) is 29.4. The number of amides is 3. The lowest BCUT2D eigenvalue weighted by atomic mass is 9.91. The van der Waals surface area contributed by atoms with Gasteiger partial charge in [0.25, 0.3) is 0 Å². The number of hydrogen-bond donors (Lipinski definition) is 3. The molecule has 0 unspecified atom stereocenters. The molecular weight excluding hydrogens is 534 g/mol. The molecule has 0 aromatic heterocycles. The summed E-state index contributed by atoms with van der Waals surface area (Å²) in [7, 11) is 0. The summed E-state index contributed by atoms with van der Waals surface area (Å²) < 4.78 is 59.9. The second-order valence-electron chi connectivity index (χ2n) is 10.1. The molecule has 40 heavy (non-hydrogen) atoms. The molecule has 1 saturated heterocycles. The smallest absolute Gasteiger partial charge is 0.225 e. The molecule has 3 rings (SSSR count).